The van der Waals surface area contributed by atoms with Crippen LogP contribution in [0.2, 0.25) is 0 Å². The van der Waals surface area contributed by atoms with Crippen molar-refractivity contribution in [2.75, 3.05) is 49.3 Å². The smallest absolute Gasteiger partial charge is 0.444 e. The van der Waals surface area contributed by atoms with Crippen LogP contribution in [0.4, 0.5) is 29.7 Å². The summed E-state index contributed by atoms with van der Waals surface area (Å²) in [4.78, 5) is 48.6. The Morgan fingerprint density at radius 3 is 1.56 bits per heavy atom. The van der Waals surface area contributed by atoms with Crippen LogP contribution in [-0.4, -0.2) is 93.8 Å². The highest BCUT2D eigenvalue weighted by molar-refractivity contribution is 9.10. The molecule has 4 aliphatic heterocycles. The van der Waals surface area contributed by atoms with Crippen LogP contribution < -0.4 is 15.3 Å². The van der Waals surface area contributed by atoms with Crippen LogP contribution in [0.15, 0.2) is 40.9 Å². The van der Waals surface area contributed by atoms with Crippen LogP contribution in [0.5, 0.6) is 0 Å². The number of anilines is 2. The summed E-state index contributed by atoms with van der Waals surface area (Å²) in [6.07, 6.45) is -0.0404. The second-order valence-corrected chi connectivity index (χ2v) is 14.7. The summed E-state index contributed by atoms with van der Waals surface area (Å²) < 4.78 is 60.6. The number of nitrogens with zero attached hydrogens (tertiary/aromatic N) is 2. The lowest BCUT2D eigenvalue weighted by molar-refractivity contribution is -0.118. The molecule has 4 saturated heterocycles. The largest absolute Gasteiger partial charge is 0.497 e. The second-order valence-electron chi connectivity index (χ2n) is 13.8. The number of amides is 2. The summed E-state index contributed by atoms with van der Waals surface area (Å²) in [6, 6.07) is 8.97. The van der Waals surface area contributed by atoms with Gasteiger partial charge in [0.1, 0.15) is 35.4 Å². The average molecular weight is 795 g/mol. The molecule has 4 heterocycles. The molecule has 16 heteroatoms. The molecule has 0 aliphatic carbocycles. The third-order valence-electron chi connectivity index (χ3n) is 9.15. The van der Waals surface area contributed by atoms with Crippen molar-refractivity contribution in [1.82, 2.24) is 0 Å². The van der Waals surface area contributed by atoms with Gasteiger partial charge in [0.2, 0.25) is 0 Å². The summed E-state index contributed by atoms with van der Waals surface area (Å²) in [5.74, 6) is -0.838. The molecule has 2 atom stereocenters. The lowest BCUT2D eigenvalue weighted by Crippen LogP contribution is -2.41. The van der Waals surface area contributed by atoms with E-state index in [0.29, 0.717) is 54.6 Å². The standard InChI is InChI=1S/C19H25BFNO5.C13H13BrFNO3.C4H8O2/c1-12(23)6-8-14-11-22(17(24)25-14)13-7-9-15(16(21)10-13)20-26-18(2,3)19(4,5)27-20;1-8(17)2-4-10-7-16(13(18)19-10)9-3-5-11(14)12(15)6-9;1-2-6-4-3-5-1/h7,9-10,14H,6,8,11H2,1-5H3;3,5-6,10H,2,4,7H2,1H3;1-4H2/t14-;10-;/m00./s1. The van der Waals surface area contributed by atoms with Crippen molar-refractivity contribution in [3.63, 3.8) is 0 Å². The number of Topliss-reactive ketones (excluding diaryl/α,β-unsaturated/α-hetero) is 2. The van der Waals surface area contributed by atoms with Gasteiger partial charge in [0.15, 0.2) is 0 Å². The lowest BCUT2D eigenvalue weighted by Gasteiger charge is -2.32. The van der Waals surface area contributed by atoms with E-state index in [-0.39, 0.29) is 29.2 Å². The molecule has 0 aromatic heterocycles. The number of hydrogen-bond acceptors (Lipinski definition) is 10. The Kier molecular flexibility index (Phi) is 14.4. The van der Waals surface area contributed by atoms with Gasteiger partial charge >= 0.3 is 19.3 Å². The fourth-order valence-electron chi connectivity index (χ4n) is 5.43. The maximum Gasteiger partial charge on any atom is 0.497 e. The molecule has 52 heavy (non-hydrogen) atoms. The van der Waals surface area contributed by atoms with E-state index < -0.39 is 42.1 Å². The first kappa shape index (κ1) is 41.3. The molecule has 2 aromatic rings. The molecule has 4 aliphatic rings. The summed E-state index contributed by atoms with van der Waals surface area (Å²) in [5, 5.41) is 0. The average Bonchev–Trinajstić information content (AvgIpc) is 3.72. The van der Waals surface area contributed by atoms with Crippen LogP contribution in [0.25, 0.3) is 0 Å². The van der Waals surface area contributed by atoms with Gasteiger partial charge < -0.3 is 37.8 Å². The Morgan fingerprint density at radius 2 is 1.17 bits per heavy atom. The minimum absolute atomic E-state index is 0.0438. The molecular formula is C36H46BBrF2N2O10. The number of rotatable bonds is 9. The zero-order valence-corrected chi connectivity index (χ0v) is 32.0. The maximum atomic E-state index is 14.8. The fourth-order valence-corrected chi connectivity index (χ4v) is 5.68. The van der Waals surface area contributed by atoms with Gasteiger partial charge in [-0.25, -0.2) is 18.4 Å². The molecule has 0 bridgehead atoms. The Hall–Kier alpha value is -3.44. The van der Waals surface area contributed by atoms with E-state index in [1.54, 1.807) is 24.3 Å². The van der Waals surface area contributed by atoms with Gasteiger partial charge in [0.25, 0.3) is 0 Å². The van der Waals surface area contributed by atoms with Crippen LogP contribution in [0, 0.1) is 11.6 Å². The van der Waals surface area contributed by atoms with E-state index in [1.165, 1.54) is 35.8 Å². The molecule has 0 N–H and O–H groups in total. The Bertz CT molecular complexity index is 1580. The van der Waals surface area contributed by atoms with Crippen LogP contribution in [-0.2, 0) is 37.8 Å². The Labute approximate surface area is 311 Å². The van der Waals surface area contributed by atoms with E-state index in [0.717, 1.165) is 26.4 Å². The Morgan fingerprint density at radius 1 is 0.750 bits per heavy atom. The number of carbonyl (C=O) groups excluding carboxylic acids is 4. The molecule has 0 unspecified atom stereocenters. The van der Waals surface area contributed by atoms with Crippen LogP contribution in [0.1, 0.15) is 67.2 Å². The maximum absolute atomic E-state index is 14.8. The molecule has 2 aromatic carbocycles. The first-order valence-corrected chi connectivity index (χ1v) is 18.0. The molecule has 12 nitrogen and oxygen atoms in total. The quantitative estimate of drug-likeness (QED) is 0.273. The van der Waals surface area contributed by atoms with Gasteiger partial charge in [0, 0.05) is 18.3 Å². The normalized spacial score (nSPS) is 21.8. The van der Waals surface area contributed by atoms with E-state index in [2.05, 4.69) is 15.9 Å². The molecule has 4 fully saturated rings. The lowest BCUT2D eigenvalue weighted by atomic mass is 9.78. The monoisotopic (exact) mass is 794 g/mol. The number of halogens is 3. The first-order chi connectivity index (χ1) is 24.5. The summed E-state index contributed by atoms with van der Waals surface area (Å²) in [5.41, 5.74) is 0.0222. The van der Waals surface area contributed by atoms with Gasteiger partial charge in [-0.15, -0.1) is 0 Å². The fraction of sp³-hybridized carbons (Fsp3) is 0.556. The molecule has 0 saturated carbocycles. The highest BCUT2D eigenvalue weighted by Crippen LogP contribution is 2.37. The predicted molar refractivity (Wildman–Crippen MR) is 193 cm³/mol. The van der Waals surface area contributed by atoms with E-state index in [4.69, 9.17) is 28.3 Å². The van der Waals surface area contributed by atoms with E-state index in [1.807, 2.05) is 27.7 Å². The zero-order valence-electron chi connectivity index (χ0n) is 30.4. The van der Waals surface area contributed by atoms with Crippen molar-refractivity contribution in [3.05, 3.63) is 52.5 Å². The second kappa shape index (κ2) is 18.1. The predicted octanol–water partition coefficient (Wildman–Crippen LogP) is 6.14. The summed E-state index contributed by atoms with van der Waals surface area (Å²) >= 11 is 3.06. The third kappa shape index (κ3) is 11.0. The van der Waals surface area contributed by atoms with Crippen LogP contribution >= 0.6 is 15.9 Å². The van der Waals surface area contributed by atoms with Crippen molar-refractivity contribution in [3.8, 4) is 0 Å². The van der Waals surface area contributed by atoms with Gasteiger partial charge in [-0.1, -0.05) is 6.07 Å². The van der Waals surface area contributed by atoms with Gasteiger partial charge in [-0.2, -0.15) is 0 Å². The number of cyclic esters (lactones) is 2. The molecule has 284 valence electrons. The van der Waals surface area contributed by atoms with Gasteiger partial charge in [-0.3, -0.25) is 9.80 Å². The SMILES string of the molecule is C1COCCO1.CC(=O)CC[C@H]1CN(c2ccc(B3OC(C)(C)C(C)(C)O3)c(F)c2)C(=O)O1.CC(=O)CC[C@H]1CN(c2ccc(Br)c(F)c2)C(=O)O1. The van der Waals surface area contributed by atoms with Gasteiger partial charge in [-0.05, 0) is 101 Å². The molecule has 6 rings (SSSR count). The van der Waals surface area contributed by atoms with Gasteiger partial charge in [0.05, 0.1) is 66.6 Å². The van der Waals surface area contributed by atoms with E-state index in [9.17, 15) is 28.0 Å². The summed E-state index contributed by atoms with van der Waals surface area (Å²) in [7, 11) is -0.808. The van der Waals surface area contributed by atoms with Crippen LogP contribution in [0.3, 0.4) is 0 Å². The van der Waals surface area contributed by atoms with E-state index >= 15 is 0 Å². The summed E-state index contributed by atoms with van der Waals surface area (Å²) in [6.45, 7) is 14.4. The Balaban J connectivity index is 0.000000209. The van der Waals surface area contributed by atoms with Crippen molar-refractivity contribution >= 4 is 63.6 Å². The molecular weight excluding hydrogens is 749 g/mol. The van der Waals surface area contributed by atoms with Crippen molar-refractivity contribution in [2.45, 2.75) is 90.6 Å². The number of ketones is 2. The minimum Gasteiger partial charge on any atom is -0.444 e. The van der Waals surface area contributed by atoms with Crippen molar-refractivity contribution < 1.29 is 56.2 Å². The minimum atomic E-state index is -0.808. The third-order valence-corrected chi connectivity index (χ3v) is 9.79. The molecule has 0 spiro atoms. The molecule has 2 amide bonds. The number of hydrogen-bond donors (Lipinski definition) is 0. The highest BCUT2D eigenvalue weighted by atomic mass is 79.9. The number of carbonyl (C=O) groups is 4. The molecule has 0 radical (unpaired) electrons. The number of benzene rings is 2. The first-order valence-electron chi connectivity index (χ1n) is 17.2. The van der Waals surface area contributed by atoms with Crippen molar-refractivity contribution in [2.24, 2.45) is 0 Å². The van der Waals surface area contributed by atoms with Crippen molar-refractivity contribution in [1.29, 1.82) is 0 Å². The highest BCUT2D eigenvalue weighted by Gasteiger charge is 2.52. The number of ether oxygens (including phenoxy) is 4. The zero-order chi connectivity index (χ0) is 38.2. The topological polar surface area (TPSA) is 130 Å².